The fourth-order valence-corrected chi connectivity index (χ4v) is 1.18. The van der Waals surface area contributed by atoms with Crippen LogP contribution in [-0.2, 0) is 9.53 Å². The molecular weight excluding hydrogens is 242 g/mol. The summed E-state index contributed by atoms with van der Waals surface area (Å²) in [6.07, 6.45) is -0.0340. The normalized spacial score (nSPS) is 9.56. The van der Waals surface area contributed by atoms with E-state index in [4.69, 9.17) is 4.74 Å². The van der Waals surface area contributed by atoms with Crippen molar-refractivity contribution < 1.29 is 23.0 Å². The zero-order chi connectivity index (χ0) is 13.4. The molecule has 96 valence electrons. The van der Waals surface area contributed by atoms with Crippen LogP contribution in [0.25, 0.3) is 0 Å². The minimum Gasteiger partial charge on any atom is -0.465 e. The number of halogens is 2. The molecule has 0 aliphatic carbocycles. The highest BCUT2D eigenvalue weighted by atomic mass is 19.3. The fourth-order valence-electron chi connectivity index (χ4n) is 1.18. The van der Waals surface area contributed by atoms with Gasteiger partial charge in [-0.1, -0.05) is 17.9 Å². The van der Waals surface area contributed by atoms with Crippen LogP contribution in [0.15, 0.2) is 24.3 Å². The van der Waals surface area contributed by atoms with E-state index in [0.29, 0.717) is 12.2 Å². The first kappa shape index (κ1) is 14.0. The molecule has 18 heavy (non-hydrogen) atoms. The van der Waals surface area contributed by atoms with E-state index < -0.39 is 12.6 Å². The first-order valence-electron chi connectivity index (χ1n) is 5.31. The fraction of sp³-hybridized carbons (Fsp3) is 0.308. The first-order valence-corrected chi connectivity index (χ1v) is 5.31. The van der Waals surface area contributed by atoms with E-state index in [1.54, 1.807) is 19.1 Å². The van der Waals surface area contributed by atoms with Crippen LogP contribution in [-0.4, -0.2) is 19.2 Å². The molecule has 1 aromatic carbocycles. The maximum Gasteiger partial charge on any atom is 0.387 e. The molecule has 0 aliphatic heterocycles. The average molecular weight is 254 g/mol. The molecule has 0 amide bonds. The Morgan fingerprint density at radius 3 is 2.89 bits per heavy atom. The third-order valence-electron chi connectivity index (χ3n) is 1.83. The summed E-state index contributed by atoms with van der Waals surface area (Å²) in [5.74, 6) is 4.89. The van der Waals surface area contributed by atoms with Gasteiger partial charge in [-0.15, -0.1) is 0 Å². The smallest absolute Gasteiger partial charge is 0.387 e. The van der Waals surface area contributed by atoms with Crippen molar-refractivity contribution in [2.45, 2.75) is 20.0 Å². The van der Waals surface area contributed by atoms with Crippen molar-refractivity contribution in [1.29, 1.82) is 0 Å². The highest BCUT2D eigenvalue weighted by Gasteiger charge is 2.03. The summed E-state index contributed by atoms with van der Waals surface area (Å²) < 4.78 is 32.9. The topological polar surface area (TPSA) is 35.5 Å². The van der Waals surface area contributed by atoms with E-state index in [1.165, 1.54) is 12.1 Å². The molecule has 0 bridgehead atoms. The molecule has 0 spiro atoms. The van der Waals surface area contributed by atoms with Crippen LogP contribution in [0, 0.1) is 11.8 Å². The van der Waals surface area contributed by atoms with Crippen LogP contribution in [0.4, 0.5) is 8.78 Å². The zero-order valence-corrected chi connectivity index (χ0v) is 9.78. The lowest BCUT2D eigenvalue weighted by molar-refractivity contribution is -0.141. The van der Waals surface area contributed by atoms with Gasteiger partial charge < -0.3 is 9.47 Å². The molecule has 0 saturated carbocycles. The molecule has 0 saturated heterocycles. The van der Waals surface area contributed by atoms with E-state index in [1.807, 2.05) is 0 Å². The van der Waals surface area contributed by atoms with Gasteiger partial charge in [-0.3, -0.25) is 4.79 Å². The standard InChI is InChI=1S/C13H12F2O3/c1-2-17-12(16)8-4-6-10-5-3-7-11(9-10)18-13(14)15/h3,5,7,9,13H,2,8H2,1H3. The van der Waals surface area contributed by atoms with Gasteiger partial charge in [-0.2, -0.15) is 8.78 Å². The van der Waals surface area contributed by atoms with Gasteiger partial charge in [0.1, 0.15) is 12.2 Å². The Morgan fingerprint density at radius 2 is 2.22 bits per heavy atom. The molecule has 0 aromatic heterocycles. The molecule has 0 atom stereocenters. The van der Waals surface area contributed by atoms with Crippen molar-refractivity contribution in [3.8, 4) is 17.6 Å². The number of esters is 1. The monoisotopic (exact) mass is 254 g/mol. The minimum absolute atomic E-state index is 0.0340. The first-order chi connectivity index (χ1) is 8.61. The number of hydrogen-bond donors (Lipinski definition) is 0. The number of ether oxygens (including phenoxy) is 2. The summed E-state index contributed by atoms with van der Waals surface area (Å²) in [5.41, 5.74) is 0.498. The van der Waals surface area contributed by atoms with Gasteiger partial charge in [0.25, 0.3) is 0 Å². The summed E-state index contributed by atoms with van der Waals surface area (Å²) in [4.78, 5) is 11.0. The second-order valence-electron chi connectivity index (χ2n) is 3.19. The van der Waals surface area contributed by atoms with Crippen molar-refractivity contribution in [2.75, 3.05) is 6.61 Å². The van der Waals surface area contributed by atoms with Gasteiger partial charge in [0.05, 0.1) is 6.61 Å². The van der Waals surface area contributed by atoms with E-state index in [9.17, 15) is 13.6 Å². The van der Waals surface area contributed by atoms with Crippen molar-refractivity contribution in [2.24, 2.45) is 0 Å². The molecule has 0 heterocycles. The Hall–Kier alpha value is -2.09. The highest BCUT2D eigenvalue weighted by Crippen LogP contribution is 2.15. The lowest BCUT2D eigenvalue weighted by atomic mass is 10.2. The van der Waals surface area contributed by atoms with E-state index in [-0.39, 0.29) is 12.2 Å². The summed E-state index contributed by atoms with van der Waals surface area (Å²) in [6, 6.07) is 5.97. The van der Waals surface area contributed by atoms with Crippen LogP contribution in [0.5, 0.6) is 5.75 Å². The number of carbonyl (C=O) groups is 1. The Bertz CT molecular complexity index is 461. The van der Waals surface area contributed by atoms with Crippen LogP contribution >= 0.6 is 0 Å². The van der Waals surface area contributed by atoms with Crippen molar-refractivity contribution >= 4 is 5.97 Å². The number of alkyl halides is 2. The molecule has 1 aromatic rings. The third kappa shape index (κ3) is 5.30. The van der Waals surface area contributed by atoms with Crippen molar-refractivity contribution in [1.82, 2.24) is 0 Å². The molecule has 0 fully saturated rings. The average Bonchev–Trinajstić information content (AvgIpc) is 2.29. The van der Waals surface area contributed by atoms with E-state index in [0.717, 1.165) is 0 Å². The Kier molecular flexibility index (Phi) is 5.65. The van der Waals surface area contributed by atoms with Crippen molar-refractivity contribution in [3.63, 3.8) is 0 Å². The van der Waals surface area contributed by atoms with Gasteiger partial charge >= 0.3 is 12.6 Å². The predicted molar refractivity (Wildman–Crippen MR) is 61.2 cm³/mol. The van der Waals surface area contributed by atoms with Gasteiger partial charge in [-0.25, -0.2) is 0 Å². The van der Waals surface area contributed by atoms with Crippen LogP contribution in [0.2, 0.25) is 0 Å². The lowest BCUT2D eigenvalue weighted by Crippen LogP contribution is -2.02. The zero-order valence-electron chi connectivity index (χ0n) is 9.78. The number of hydrogen-bond acceptors (Lipinski definition) is 3. The maximum absolute atomic E-state index is 12.0. The molecule has 0 N–H and O–H groups in total. The van der Waals surface area contributed by atoms with Gasteiger partial charge in [-0.05, 0) is 25.1 Å². The summed E-state index contributed by atoms with van der Waals surface area (Å²) in [5, 5.41) is 0. The van der Waals surface area contributed by atoms with Crippen LogP contribution in [0.3, 0.4) is 0 Å². The largest absolute Gasteiger partial charge is 0.465 e. The van der Waals surface area contributed by atoms with Gasteiger partial charge in [0, 0.05) is 5.56 Å². The molecular formula is C13H12F2O3. The van der Waals surface area contributed by atoms with E-state index >= 15 is 0 Å². The molecule has 0 aliphatic rings. The van der Waals surface area contributed by atoms with Gasteiger partial charge in [0.15, 0.2) is 0 Å². The molecule has 1 rings (SSSR count). The summed E-state index contributed by atoms with van der Waals surface area (Å²) >= 11 is 0. The van der Waals surface area contributed by atoms with Gasteiger partial charge in [0.2, 0.25) is 0 Å². The van der Waals surface area contributed by atoms with E-state index in [2.05, 4.69) is 16.6 Å². The second kappa shape index (κ2) is 7.28. The number of rotatable bonds is 4. The summed E-state index contributed by atoms with van der Waals surface area (Å²) in [6.45, 7) is -0.859. The maximum atomic E-state index is 12.0. The Labute approximate surface area is 104 Å². The predicted octanol–water partition coefficient (Wildman–Crippen LogP) is 2.59. The SMILES string of the molecule is CCOC(=O)CC#Cc1cccc(OC(F)F)c1. The van der Waals surface area contributed by atoms with Crippen LogP contribution in [0.1, 0.15) is 18.9 Å². The quantitative estimate of drug-likeness (QED) is 0.612. The Balaban J connectivity index is 2.62. The molecule has 0 unspecified atom stereocenters. The molecule has 0 radical (unpaired) electrons. The minimum atomic E-state index is -2.87. The van der Waals surface area contributed by atoms with Crippen LogP contribution < -0.4 is 4.74 Å². The number of benzene rings is 1. The molecule has 3 nitrogen and oxygen atoms in total. The lowest BCUT2D eigenvalue weighted by Gasteiger charge is -2.03. The second-order valence-corrected chi connectivity index (χ2v) is 3.19. The third-order valence-corrected chi connectivity index (χ3v) is 1.83. The summed E-state index contributed by atoms with van der Waals surface area (Å²) in [7, 11) is 0. The van der Waals surface area contributed by atoms with Crippen molar-refractivity contribution in [3.05, 3.63) is 29.8 Å². The highest BCUT2D eigenvalue weighted by molar-refractivity contribution is 5.72. The Morgan fingerprint density at radius 1 is 1.44 bits per heavy atom. The molecule has 5 heteroatoms. The number of carbonyl (C=O) groups excluding carboxylic acids is 1.